The molecule has 0 unspecified atom stereocenters. The summed E-state index contributed by atoms with van der Waals surface area (Å²) in [6, 6.07) is 13.4. The number of amides is 1. The van der Waals surface area contributed by atoms with E-state index in [2.05, 4.69) is 18.8 Å². The van der Waals surface area contributed by atoms with Crippen molar-refractivity contribution in [1.82, 2.24) is 0 Å². The fourth-order valence-electron chi connectivity index (χ4n) is 2.69. The first-order chi connectivity index (χ1) is 11.5. The van der Waals surface area contributed by atoms with E-state index in [1.54, 1.807) is 17.0 Å². The number of fused-ring (bicyclic) bond motifs is 1. The summed E-state index contributed by atoms with van der Waals surface area (Å²) in [6.07, 6.45) is 0. The first-order valence-corrected chi connectivity index (χ1v) is 7.72. The molecule has 24 heavy (non-hydrogen) atoms. The van der Waals surface area contributed by atoms with Crippen molar-refractivity contribution in [3.8, 4) is 0 Å². The van der Waals surface area contributed by atoms with Crippen molar-refractivity contribution < 1.29 is 9.72 Å². The lowest BCUT2D eigenvalue weighted by molar-refractivity contribution is -0.384. The normalized spacial score (nSPS) is 15.2. The number of hydrogen-bond acceptors (Lipinski definition) is 4. The lowest BCUT2D eigenvalue weighted by Crippen LogP contribution is -2.33. The molecule has 0 atom stereocenters. The van der Waals surface area contributed by atoms with Gasteiger partial charge >= 0.3 is 0 Å². The van der Waals surface area contributed by atoms with Gasteiger partial charge < -0.3 is 4.90 Å². The standard InChI is InChI=1S/C18H17N3O3/c1-12(2)11-20-16-6-4-3-5-15(16)17(18(20)22)19-13-7-9-14(10-8-13)21(23)24/h3-10,12H,11H2,1-2H3. The van der Waals surface area contributed by atoms with Crippen molar-refractivity contribution in [3.05, 3.63) is 64.2 Å². The molecule has 0 spiro atoms. The highest BCUT2D eigenvalue weighted by atomic mass is 16.6. The minimum atomic E-state index is -0.461. The summed E-state index contributed by atoms with van der Waals surface area (Å²) < 4.78 is 0. The van der Waals surface area contributed by atoms with Crippen LogP contribution in [0.25, 0.3) is 0 Å². The van der Waals surface area contributed by atoms with Crippen LogP contribution in [-0.2, 0) is 4.79 Å². The Morgan fingerprint density at radius 1 is 1.12 bits per heavy atom. The van der Waals surface area contributed by atoms with Crippen LogP contribution in [0.15, 0.2) is 53.5 Å². The Kier molecular flexibility index (Phi) is 4.12. The van der Waals surface area contributed by atoms with Gasteiger partial charge in [-0.2, -0.15) is 0 Å². The largest absolute Gasteiger partial charge is 0.306 e. The van der Waals surface area contributed by atoms with Crippen LogP contribution < -0.4 is 4.90 Å². The zero-order valence-electron chi connectivity index (χ0n) is 13.5. The van der Waals surface area contributed by atoms with Crippen LogP contribution in [0.4, 0.5) is 17.1 Å². The quantitative estimate of drug-likeness (QED) is 0.635. The van der Waals surface area contributed by atoms with Crippen molar-refractivity contribution in [2.24, 2.45) is 10.9 Å². The maximum absolute atomic E-state index is 12.8. The van der Waals surface area contributed by atoms with Crippen LogP contribution in [0.5, 0.6) is 0 Å². The molecule has 0 aliphatic carbocycles. The molecule has 1 heterocycles. The van der Waals surface area contributed by atoms with Crippen LogP contribution in [0.1, 0.15) is 19.4 Å². The molecule has 0 N–H and O–H groups in total. The average Bonchev–Trinajstić information content (AvgIpc) is 2.81. The molecule has 6 heteroatoms. The number of aliphatic imine (C=N–C) groups is 1. The number of carbonyl (C=O) groups is 1. The van der Waals surface area contributed by atoms with E-state index in [1.807, 2.05) is 24.3 Å². The minimum Gasteiger partial charge on any atom is -0.306 e. The van der Waals surface area contributed by atoms with Gasteiger partial charge in [0.15, 0.2) is 0 Å². The summed E-state index contributed by atoms with van der Waals surface area (Å²) in [5, 5.41) is 10.7. The van der Waals surface area contributed by atoms with E-state index in [-0.39, 0.29) is 11.6 Å². The van der Waals surface area contributed by atoms with E-state index in [4.69, 9.17) is 0 Å². The SMILES string of the molecule is CC(C)CN1C(=O)C(=Nc2ccc([N+](=O)[O-])cc2)c2ccccc21. The first kappa shape index (κ1) is 15.9. The molecule has 3 rings (SSSR count). The Balaban J connectivity index is 2.01. The number of nitrogens with zero attached hydrogens (tertiary/aromatic N) is 3. The van der Waals surface area contributed by atoms with Gasteiger partial charge in [0.05, 0.1) is 16.3 Å². The molecule has 1 aliphatic rings. The summed E-state index contributed by atoms with van der Waals surface area (Å²) in [6.45, 7) is 4.73. The van der Waals surface area contributed by atoms with E-state index in [0.29, 0.717) is 23.9 Å². The van der Waals surface area contributed by atoms with E-state index < -0.39 is 4.92 Å². The van der Waals surface area contributed by atoms with Crippen LogP contribution in [0.2, 0.25) is 0 Å². The number of non-ortho nitro benzene ring substituents is 1. The average molecular weight is 323 g/mol. The number of para-hydroxylation sites is 1. The van der Waals surface area contributed by atoms with Gasteiger partial charge in [-0.1, -0.05) is 32.0 Å². The van der Waals surface area contributed by atoms with Gasteiger partial charge in [0, 0.05) is 24.2 Å². The van der Waals surface area contributed by atoms with Gasteiger partial charge in [-0.05, 0) is 24.1 Å². The Bertz CT molecular complexity index is 826. The maximum Gasteiger partial charge on any atom is 0.277 e. The number of anilines is 1. The van der Waals surface area contributed by atoms with Gasteiger partial charge in [-0.15, -0.1) is 0 Å². The Morgan fingerprint density at radius 2 is 1.79 bits per heavy atom. The second-order valence-electron chi connectivity index (χ2n) is 6.06. The van der Waals surface area contributed by atoms with Crippen LogP contribution in [0.3, 0.4) is 0 Å². The summed E-state index contributed by atoms with van der Waals surface area (Å²) in [5.74, 6) is 0.198. The summed E-state index contributed by atoms with van der Waals surface area (Å²) in [5.41, 5.74) is 2.54. The van der Waals surface area contributed by atoms with E-state index in [9.17, 15) is 14.9 Å². The third kappa shape index (κ3) is 2.90. The highest BCUT2D eigenvalue weighted by molar-refractivity contribution is 6.54. The van der Waals surface area contributed by atoms with Crippen molar-refractivity contribution in [1.29, 1.82) is 0 Å². The molecule has 0 saturated heterocycles. The lowest BCUT2D eigenvalue weighted by atomic mass is 10.1. The summed E-state index contributed by atoms with van der Waals surface area (Å²) in [7, 11) is 0. The molecule has 0 aromatic heterocycles. The van der Waals surface area contributed by atoms with Gasteiger partial charge in [0.25, 0.3) is 11.6 Å². The lowest BCUT2D eigenvalue weighted by Gasteiger charge is -2.18. The van der Waals surface area contributed by atoms with Gasteiger partial charge in [0.1, 0.15) is 5.71 Å². The van der Waals surface area contributed by atoms with Crippen LogP contribution in [0, 0.1) is 16.0 Å². The number of nitro groups is 1. The molecule has 0 fully saturated rings. The summed E-state index contributed by atoms with van der Waals surface area (Å²) >= 11 is 0. The van der Waals surface area contributed by atoms with Gasteiger partial charge in [-0.3, -0.25) is 14.9 Å². The van der Waals surface area contributed by atoms with Crippen LogP contribution in [-0.4, -0.2) is 23.1 Å². The Labute approximate surface area is 139 Å². The predicted octanol–water partition coefficient (Wildman–Crippen LogP) is 3.72. The molecular formula is C18H17N3O3. The monoisotopic (exact) mass is 323 g/mol. The highest BCUT2D eigenvalue weighted by Gasteiger charge is 2.33. The third-order valence-electron chi connectivity index (χ3n) is 3.75. The van der Waals surface area contributed by atoms with Crippen molar-refractivity contribution in [2.45, 2.75) is 13.8 Å². The molecule has 0 bridgehead atoms. The molecule has 6 nitrogen and oxygen atoms in total. The molecule has 1 aliphatic heterocycles. The number of nitro benzene ring substituents is 1. The highest BCUT2D eigenvalue weighted by Crippen LogP contribution is 2.31. The Morgan fingerprint density at radius 3 is 2.42 bits per heavy atom. The molecule has 0 radical (unpaired) electrons. The zero-order valence-corrected chi connectivity index (χ0v) is 13.5. The minimum absolute atomic E-state index is 0.00136. The van der Waals surface area contributed by atoms with Crippen molar-refractivity contribution in [3.63, 3.8) is 0 Å². The van der Waals surface area contributed by atoms with Crippen LogP contribution >= 0.6 is 0 Å². The van der Waals surface area contributed by atoms with E-state index in [0.717, 1.165) is 11.3 Å². The second kappa shape index (κ2) is 6.23. The molecular weight excluding hydrogens is 306 g/mol. The zero-order chi connectivity index (χ0) is 17.3. The maximum atomic E-state index is 12.8. The fourth-order valence-corrected chi connectivity index (χ4v) is 2.69. The van der Waals surface area contributed by atoms with Gasteiger partial charge in [0.2, 0.25) is 0 Å². The molecule has 122 valence electrons. The van der Waals surface area contributed by atoms with Crippen molar-refractivity contribution >= 4 is 28.7 Å². The molecule has 0 saturated carbocycles. The first-order valence-electron chi connectivity index (χ1n) is 7.72. The fraction of sp³-hybridized carbons (Fsp3) is 0.222. The number of rotatable bonds is 4. The molecule has 2 aromatic carbocycles. The van der Waals surface area contributed by atoms with Crippen molar-refractivity contribution in [2.75, 3.05) is 11.4 Å². The topological polar surface area (TPSA) is 75.8 Å². The predicted molar refractivity (Wildman–Crippen MR) is 92.9 cm³/mol. The summed E-state index contributed by atoms with van der Waals surface area (Å²) in [4.78, 5) is 29.2. The van der Waals surface area contributed by atoms with E-state index >= 15 is 0 Å². The van der Waals surface area contributed by atoms with E-state index in [1.165, 1.54) is 12.1 Å². The second-order valence-corrected chi connectivity index (χ2v) is 6.06. The number of hydrogen-bond donors (Lipinski definition) is 0. The number of benzene rings is 2. The van der Waals surface area contributed by atoms with Gasteiger partial charge in [-0.25, -0.2) is 4.99 Å². The molecule has 1 amide bonds. The number of carbonyl (C=O) groups excluding carboxylic acids is 1. The Hall–Kier alpha value is -3.02. The smallest absolute Gasteiger partial charge is 0.277 e. The third-order valence-corrected chi connectivity index (χ3v) is 3.75. The molecule has 2 aromatic rings.